The highest BCUT2D eigenvalue weighted by Gasteiger charge is 2.14. The van der Waals surface area contributed by atoms with E-state index in [2.05, 4.69) is 50.8 Å². The molecule has 1 N–H and O–H groups in total. The van der Waals surface area contributed by atoms with Gasteiger partial charge in [-0.3, -0.25) is 4.79 Å². The molecule has 106 valence electrons. The van der Waals surface area contributed by atoms with Crippen molar-refractivity contribution in [1.29, 1.82) is 0 Å². The lowest BCUT2D eigenvalue weighted by Crippen LogP contribution is -2.17. The Hall–Kier alpha value is -0.530. The molecule has 0 radical (unpaired) electrons. The van der Waals surface area contributed by atoms with E-state index in [4.69, 9.17) is 11.6 Å². The van der Waals surface area contributed by atoms with Crippen LogP contribution < -0.4 is 5.32 Å². The van der Waals surface area contributed by atoms with Crippen molar-refractivity contribution in [2.24, 2.45) is 0 Å². The number of benzene rings is 1. The maximum Gasteiger partial charge on any atom is 0.272 e. The molecule has 0 unspecified atom stereocenters. The maximum atomic E-state index is 12.4. The van der Waals surface area contributed by atoms with Gasteiger partial charge in [-0.05, 0) is 69.2 Å². The topological polar surface area (TPSA) is 34.0 Å². The number of rotatable bonds is 4. The van der Waals surface area contributed by atoms with Crippen LogP contribution in [0, 0.1) is 3.57 Å². The summed E-state index contributed by atoms with van der Waals surface area (Å²) < 4.78 is 3.76. The minimum absolute atomic E-state index is 0.121. The molecule has 0 bridgehead atoms. The van der Waals surface area contributed by atoms with E-state index in [0.717, 1.165) is 26.7 Å². The molecule has 1 heterocycles. The van der Waals surface area contributed by atoms with Gasteiger partial charge in [-0.2, -0.15) is 0 Å². The van der Waals surface area contributed by atoms with Gasteiger partial charge in [-0.15, -0.1) is 0 Å². The first-order valence-corrected chi connectivity index (χ1v) is 8.38. The van der Waals surface area contributed by atoms with E-state index in [1.807, 2.05) is 29.0 Å². The van der Waals surface area contributed by atoms with Crippen molar-refractivity contribution in [3.05, 3.63) is 49.2 Å². The molecule has 3 nitrogen and oxygen atoms in total. The third kappa shape index (κ3) is 3.77. The molecule has 1 amide bonds. The van der Waals surface area contributed by atoms with Crippen LogP contribution in [0.1, 0.15) is 23.8 Å². The lowest BCUT2D eigenvalue weighted by molar-refractivity contribution is 0.101. The summed E-state index contributed by atoms with van der Waals surface area (Å²) in [4.78, 5) is 12.4. The van der Waals surface area contributed by atoms with Crippen molar-refractivity contribution < 1.29 is 4.79 Å². The molecule has 0 atom stereocenters. The number of amides is 1. The highest BCUT2D eigenvalue weighted by Crippen LogP contribution is 2.23. The number of halogens is 3. The Kier molecular flexibility index (Phi) is 5.51. The third-order valence-electron chi connectivity index (χ3n) is 2.74. The molecular weight excluding hydrogens is 454 g/mol. The quantitative estimate of drug-likeness (QED) is 0.619. The monoisotopic (exact) mass is 466 g/mol. The first-order valence-electron chi connectivity index (χ1n) is 6.13. The van der Waals surface area contributed by atoms with Crippen LogP contribution in [0.15, 0.2) is 34.9 Å². The summed E-state index contributed by atoms with van der Waals surface area (Å²) in [5.41, 5.74) is 1.41. The highest BCUT2D eigenvalue weighted by molar-refractivity contribution is 14.1. The van der Waals surface area contributed by atoms with E-state index in [9.17, 15) is 4.79 Å². The fourth-order valence-electron chi connectivity index (χ4n) is 1.87. The Balaban J connectivity index is 2.23. The SMILES string of the molecule is CCCn1cc(Br)cc1C(=O)Nc1ccc(Cl)cc1I. The molecule has 1 aromatic carbocycles. The number of hydrogen-bond donors (Lipinski definition) is 1. The van der Waals surface area contributed by atoms with E-state index in [0.29, 0.717) is 10.7 Å². The largest absolute Gasteiger partial charge is 0.342 e. The molecular formula is C14H13BrClIN2O. The van der Waals surface area contributed by atoms with Crippen LogP contribution in [-0.2, 0) is 6.54 Å². The summed E-state index contributed by atoms with van der Waals surface area (Å²) in [5.74, 6) is -0.121. The lowest BCUT2D eigenvalue weighted by Gasteiger charge is -2.10. The van der Waals surface area contributed by atoms with Gasteiger partial charge in [-0.25, -0.2) is 0 Å². The molecule has 20 heavy (non-hydrogen) atoms. The van der Waals surface area contributed by atoms with Crippen LogP contribution >= 0.6 is 50.1 Å². The molecule has 0 aliphatic heterocycles. The minimum Gasteiger partial charge on any atom is -0.342 e. The van der Waals surface area contributed by atoms with E-state index in [-0.39, 0.29) is 5.91 Å². The number of carbonyl (C=O) groups is 1. The number of carbonyl (C=O) groups excluding carboxylic acids is 1. The fourth-order valence-corrected chi connectivity index (χ4v) is 3.34. The summed E-state index contributed by atoms with van der Waals surface area (Å²) in [6.07, 6.45) is 2.89. The van der Waals surface area contributed by atoms with Gasteiger partial charge in [0.1, 0.15) is 5.69 Å². The zero-order valence-electron chi connectivity index (χ0n) is 10.8. The first-order chi connectivity index (χ1) is 9.51. The van der Waals surface area contributed by atoms with Gasteiger partial charge in [-0.1, -0.05) is 18.5 Å². The number of hydrogen-bond acceptors (Lipinski definition) is 1. The second-order valence-corrected chi connectivity index (χ2v) is 6.83. The predicted molar refractivity (Wildman–Crippen MR) is 94.5 cm³/mol. The number of aromatic nitrogens is 1. The van der Waals surface area contributed by atoms with Gasteiger partial charge in [0, 0.05) is 25.8 Å². The van der Waals surface area contributed by atoms with Crippen LogP contribution in [0.4, 0.5) is 5.69 Å². The van der Waals surface area contributed by atoms with Gasteiger partial charge in [0.25, 0.3) is 5.91 Å². The van der Waals surface area contributed by atoms with Crippen LogP contribution in [0.25, 0.3) is 0 Å². The molecule has 1 aromatic heterocycles. The standard InChI is InChI=1S/C14H13BrClIN2O/c1-2-5-19-8-9(15)6-13(19)14(20)18-12-4-3-10(16)7-11(12)17/h3-4,6-8H,2,5H2,1H3,(H,18,20). The summed E-state index contributed by atoms with van der Waals surface area (Å²) in [7, 11) is 0. The first kappa shape index (κ1) is 15.9. The van der Waals surface area contributed by atoms with E-state index in [1.165, 1.54) is 0 Å². The van der Waals surface area contributed by atoms with E-state index >= 15 is 0 Å². The van der Waals surface area contributed by atoms with Crippen molar-refractivity contribution >= 4 is 61.7 Å². The maximum absolute atomic E-state index is 12.4. The molecule has 0 spiro atoms. The number of aryl methyl sites for hydroxylation is 1. The zero-order valence-corrected chi connectivity index (χ0v) is 15.3. The van der Waals surface area contributed by atoms with E-state index < -0.39 is 0 Å². The Labute approximate surface area is 145 Å². The van der Waals surface area contributed by atoms with Gasteiger partial charge >= 0.3 is 0 Å². The van der Waals surface area contributed by atoms with E-state index in [1.54, 1.807) is 6.07 Å². The third-order valence-corrected chi connectivity index (χ3v) is 4.30. The van der Waals surface area contributed by atoms with Gasteiger partial charge < -0.3 is 9.88 Å². The molecule has 0 aliphatic rings. The van der Waals surface area contributed by atoms with Crippen LogP contribution in [-0.4, -0.2) is 10.5 Å². The van der Waals surface area contributed by atoms with Gasteiger partial charge in [0.2, 0.25) is 0 Å². The molecule has 0 fully saturated rings. The Morgan fingerprint density at radius 1 is 1.45 bits per heavy atom. The Morgan fingerprint density at radius 3 is 2.85 bits per heavy atom. The number of nitrogens with zero attached hydrogens (tertiary/aromatic N) is 1. The number of anilines is 1. The van der Waals surface area contributed by atoms with Gasteiger partial charge in [0.15, 0.2) is 0 Å². The molecule has 2 rings (SSSR count). The lowest BCUT2D eigenvalue weighted by atomic mass is 10.3. The summed E-state index contributed by atoms with van der Waals surface area (Å²) in [6, 6.07) is 7.22. The molecule has 0 saturated carbocycles. The normalized spacial score (nSPS) is 10.6. The van der Waals surface area contributed by atoms with Crippen molar-refractivity contribution in [3.63, 3.8) is 0 Å². The molecule has 2 aromatic rings. The molecule has 0 aliphatic carbocycles. The highest BCUT2D eigenvalue weighted by atomic mass is 127. The Bertz CT molecular complexity index is 642. The second kappa shape index (κ2) is 6.95. The predicted octanol–water partition coefficient (Wildman–Crippen LogP) is 5.17. The van der Waals surface area contributed by atoms with Crippen LogP contribution in [0.3, 0.4) is 0 Å². The zero-order chi connectivity index (χ0) is 14.7. The molecule has 0 saturated heterocycles. The average molecular weight is 468 g/mol. The minimum atomic E-state index is -0.121. The van der Waals surface area contributed by atoms with Crippen LogP contribution in [0.2, 0.25) is 5.02 Å². The smallest absolute Gasteiger partial charge is 0.272 e. The number of nitrogens with one attached hydrogen (secondary N) is 1. The van der Waals surface area contributed by atoms with Gasteiger partial charge in [0.05, 0.1) is 5.69 Å². The molecule has 6 heteroatoms. The average Bonchev–Trinajstić information content (AvgIpc) is 2.74. The summed E-state index contributed by atoms with van der Waals surface area (Å²) in [6.45, 7) is 2.89. The van der Waals surface area contributed by atoms with Crippen molar-refractivity contribution in [2.75, 3.05) is 5.32 Å². The summed E-state index contributed by atoms with van der Waals surface area (Å²) >= 11 is 11.5. The van der Waals surface area contributed by atoms with Crippen molar-refractivity contribution in [2.45, 2.75) is 19.9 Å². The van der Waals surface area contributed by atoms with Crippen LogP contribution in [0.5, 0.6) is 0 Å². The Morgan fingerprint density at radius 2 is 2.20 bits per heavy atom. The summed E-state index contributed by atoms with van der Waals surface area (Å²) in [5, 5.41) is 3.58. The fraction of sp³-hybridized carbons (Fsp3) is 0.214. The second-order valence-electron chi connectivity index (χ2n) is 4.32. The van der Waals surface area contributed by atoms with Crippen molar-refractivity contribution in [1.82, 2.24) is 4.57 Å². The van der Waals surface area contributed by atoms with Crippen molar-refractivity contribution in [3.8, 4) is 0 Å².